The van der Waals surface area contributed by atoms with Crippen molar-refractivity contribution >= 4 is 72.5 Å². The van der Waals surface area contributed by atoms with Crippen molar-refractivity contribution in [3.63, 3.8) is 0 Å². The normalized spacial score (nSPS) is 11.9. The van der Waals surface area contributed by atoms with Crippen LogP contribution in [0.3, 0.4) is 0 Å². The molecule has 60 heavy (non-hydrogen) atoms. The molecule has 0 saturated carbocycles. The van der Waals surface area contributed by atoms with Crippen LogP contribution in [-0.4, -0.2) is 6.71 Å². The summed E-state index contributed by atoms with van der Waals surface area (Å²) in [5.41, 5.74) is 21.3. The first kappa shape index (κ1) is 37.7. The predicted octanol–water partition coefficient (Wildman–Crippen LogP) is 13.7. The van der Waals surface area contributed by atoms with Gasteiger partial charge in [0.25, 0.3) is 0 Å². The first-order valence-electron chi connectivity index (χ1n) is 21.3. The van der Waals surface area contributed by atoms with E-state index in [2.05, 4.69) is 207 Å². The fourth-order valence-corrected chi connectivity index (χ4v) is 10.6. The van der Waals surface area contributed by atoms with E-state index in [0.29, 0.717) is 0 Å². The van der Waals surface area contributed by atoms with Crippen molar-refractivity contribution in [3.8, 4) is 22.6 Å². The van der Waals surface area contributed by atoms with E-state index in [1.54, 1.807) is 0 Å². The van der Waals surface area contributed by atoms with Gasteiger partial charge in [-0.15, -0.1) is 0 Å². The molecule has 0 N–H and O–H groups in total. The zero-order chi connectivity index (χ0) is 41.6. The predicted molar refractivity (Wildman–Crippen MR) is 259 cm³/mol. The number of ether oxygens (including phenoxy) is 1. The van der Waals surface area contributed by atoms with Crippen LogP contribution in [0.4, 0.5) is 17.1 Å². The van der Waals surface area contributed by atoms with Gasteiger partial charge in [0.15, 0.2) is 0 Å². The minimum Gasteiger partial charge on any atom is -0.456 e. The molecule has 0 radical (unpaired) electrons. The fourth-order valence-electron chi connectivity index (χ4n) is 10.6. The standard InChI is InChI=1S/C57H50BNO/c1-33-17-20-42(21-18-33)59(57-40(8)28-36(4)29-41(57)9)43-22-23-46-50-31-48-44-13-10-11-14-45(44)52(32-49(48)47-15-12-16-53(55(47)50)60-54(46)30-43)58(51-24-19-34(2)25-37(51)5)56-38(6)26-35(3)27-39(56)7/h10-32H,1-9H3. The third-order valence-corrected chi connectivity index (χ3v) is 13.0. The number of rotatable bonds is 6. The highest BCUT2D eigenvalue weighted by Gasteiger charge is 2.31. The summed E-state index contributed by atoms with van der Waals surface area (Å²) in [6.07, 6.45) is 0. The minimum atomic E-state index is 0.0546. The maximum Gasteiger partial charge on any atom is 0.243 e. The van der Waals surface area contributed by atoms with Crippen molar-refractivity contribution in [3.05, 3.63) is 190 Å². The lowest BCUT2D eigenvalue weighted by Gasteiger charge is -2.31. The zero-order valence-corrected chi connectivity index (χ0v) is 36.2. The molecule has 0 aliphatic carbocycles. The average molecular weight is 776 g/mol. The number of fused-ring (bicyclic) bond motifs is 6. The Bertz CT molecular complexity index is 3180. The van der Waals surface area contributed by atoms with Gasteiger partial charge in [0.05, 0.1) is 5.69 Å². The van der Waals surface area contributed by atoms with Crippen molar-refractivity contribution in [1.82, 2.24) is 0 Å². The van der Waals surface area contributed by atoms with Gasteiger partial charge < -0.3 is 9.64 Å². The van der Waals surface area contributed by atoms with Gasteiger partial charge in [0.2, 0.25) is 6.71 Å². The zero-order valence-electron chi connectivity index (χ0n) is 36.2. The molecule has 0 unspecified atom stereocenters. The molecular weight excluding hydrogens is 725 g/mol. The maximum absolute atomic E-state index is 7.01. The molecule has 9 aromatic rings. The molecule has 0 spiro atoms. The monoisotopic (exact) mass is 775 g/mol. The summed E-state index contributed by atoms with van der Waals surface area (Å²) in [7, 11) is 0. The highest BCUT2D eigenvalue weighted by molar-refractivity contribution is 6.97. The number of nitrogens with zero attached hydrogens (tertiary/aromatic N) is 1. The summed E-state index contributed by atoms with van der Waals surface area (Å²) >= 11 is 0. The lowest BCUT2D eigenvalue weighted by atomic mass is 9.34. The molecule has 10 rings (SSSR count). The van der Waals surface area contributed by atoms with Crippen molar-refractivity contribution in [2.45, 2.75) is 62.3 Å². The number of hydrogen-bond acceptors (Lipinski definition) is 2. The molecule has 0 bridgehead atoms. The molecule has 0 saturated heterocycles. The first-order valence-corrected chi connectivity index (χ1v) is 21.3. The minimum absolute atomic E-state index is 0.0546. The second kappa shape index (κ2) is 14.3. The second-order valence-corrected chi connectivity index (χ2v) is 17.5. The molecule has 0 fully saturated rings. The van der Waals surface area contributed by atoms with Crippen LogP contribution in [0.1, 0.15) is 50.1 Å². The van der Waals surface area contributed by atoms with E-state index in [4.69, 9.17) is 4.74 Å². The number of benzene rings is 9. The molecule has 1 aliphatic heterocycles. The van der Waals surface area contributed by atoms with E-state index in [-0.39, 0.29) is 6.71 Å². The van der Waals surface area contributed by atoms with Gasteiger partial charge in [-0.2, -0.15) is 0 Å². The van der Waals surface area contributed by atoms with Crippen LogP contribution in [0.15, 0.2) is 140 Å². The van der Waals surface area contributed by atoms with Gasteiger partial charge in [-0.25, -0.2) is 0 Å². The number of hydrogen-bond donors (Lipinski definition) is 0. The van der Waals surface area contributed by atoms with Crippen LogP contribution in [0.5, 0.6) is 11.5 Å². The Kier molecular flexibility index (Phi) is 8.99. The van der Waals surface area contributed by atoms with Crippen molar-refractivity contribution in [2.75, 3.05) is 4.90 Å². The molecule has 1 aliphatic rings. The quantitative estimate of drug-likeness (QED) is 0.123. The van der Waals surface area contributed by atoms with Crippen LogP contribution in [-0.2, 0) is 0 Å². The van der Waals surface area contributed by atoms with E-state index < -0.39 is 0 Å². The summed E-state index contributed by atoms with van der Waals surface area (Å²) in [5, 5.41) is 7.45. The SMILES string of the molecule is Cc1ccc(N(c2ccc3c(c2)Oc2cccc4c2c-3cc2c3ccccc3c(B(c3ccc(C)cc3C)c3c(C)cc(C)cc3C)cc42)c2c(C)cc(C)cc2C)cc1. The summed E-state index contributed by atoms with van der Waals surface area (Å²) in [6, 6.07) is 52.5. The van der Waals surface area contributed by atoms with Crippen LogP contribution >= 0.6 is 0 Å². The van der Waals surface area contributed by atoms with E-state index in [9.17, 15) is 0 Å². The smallest absolute Gasteiger partial charge is 0.243 e. The van der Waals surface area contributed by atoms with Crippen molar-refractivity contribution < 1.29 is 4.74 Å². The van der Waals surface area contributed by atoms with Crippen molar-refractivity contribution in [2.24, 2.45) is 0 Å². The van der Waals surface area contributed by atoms with Gasteiger partial charge in [0, 0.05) is 28.4 Å². The van der Waals surface area contributed by atoms with Crippen LogP contribution in [0.2, 0.25) is 0 Å². The molecule has 0 atom stereocenters. The van der Waals surface area contributed by atoms with Gasteiger partial charge in [-0.1, -0.05) is 152 Å². The van der Waals surface area contributed by atoms with Gasteiger partial charge in [0.1, 0.15) is 11.5 Å². The maximum atomic E-state index is 7.01. The molecule has 0 amide bonds. The van der Waals surface area contributed by atoms with Crippen LogP contribution < -0.4 is 26.0 Å². The van der Waals surface area contributed by atoms with E-state index >= 15 is 0 Å². The molecule has 2 nitrogen and oxygen atoms in total. The molecular formula is C57H50BNO. The molecule has 0 aromatic heterocycles. The molecule has 3 heteroatoms. The molecule has 1 heterocycles. The topological polar surface area (TPSA) is 12.5 Å². The summed E-state index contributed by atoms with van der Waals surface area (Å²) in [6.45, 7) is 20.1. The third kappa shape index (κ3) is 6.10. The molecule has 9 aromatic carbocycles. The highest BCUT2D eigenvalue weighted by atomic mass is 16.5. The van der Waals surface area contributed by atoms with Gasteiger partial charge in [-0.3, -0.25) is 0 Å². The summed E-state index contributed by atoms with van der Waals surface area (Å²) in [4.78, 5) is 2.39. The lowest BCUT2D eigenvalue weighted by molar-refractivity contribution is 0.487. The van der Waals surface area contributed by atoms with Crippen LogP contribution in [0.25, 0.3) is 43.4 Å². The Balaban J connectivity index is 1.22. The average Bonchev–Trinajstić information content (AvgIpc) is 3.21. The Morgan fingerprint density at radius 3 is 1.68 bits per heavy atom. The Labute approximate surface area is 355 Å². The van der Waals surface area contributed by atoms with E-state index in [0.717, 1.165) is 33.8 Å². The second-order valence-electron chi connectivity index (χ2n) is 17.5. The Morgan fingerprint density at radius 1 is 0.383 bits per heavy atom. The lowest BCUT2D eigenvalue weighted by Crippen LogP contribution is -2.55. The van der Waals surface area contributed by atoms with Crippen LogP contribution in [0, 0.1) is 62.3 Å². The van der Waals surface area contributed by atoms with E-state index in [1.165, 1.54) is 105 Å². The Hall–Kier alpha value is -6.58. The van der Waals surface area contributed by atoms with E-state index in [1.807, 2.05) is 0 Å². The first-order chi connectivity index (χ1) is 28.9. The Morgan fingerprint density at radius 2 is 0.983 bits per heavy atom. The third-order valence-electron chi connectivity index (χ3n) is 13.0. The fraction of sp³-hybridized carbons (Fsp3) is 0.158. The highest BCUT2D eigenvalue weighted by Crippen LogP contribution is 2.51. The summed E-state index contributed by atoms with van der Waals surface area (Å²) in [5.74, 6) is 1.76. The van der Waals surface area contributed by atoms with Gasteiger partial charge >= 0.3 is 0 Å². The summed E-state index contributed by atoms with van der Waals surface area (Å²) < 4.78 is 7.01. The largest absolute Gasteiger partial charge is 0.456 e. The number of aryl methyl sites for hydroxylation is 9. The number of anilines is 3. The van der Waals surface area contributed by atoms with Gasteiger partial charge in [-0.05, 0) is 142 Å². The molecule has 292 valence electrons. The van der Waals surface area contributed by atoms with Crippen molar-refractivity contribution in [1.29, 1.82) is 0 Å².